The molecular formula is C13H12BrNO2S. The zero-order valence-corrected chi connectivity index (χ0v) is 12.2. The van der Waals surface area contributed by atoms with Gasteiger partial charge in [-0.25, -0.2) is 0 Å². The van der Waals surface area contributed by atoms with E-state index in [-0.39, 0.29) is 5.91 Å². The number of thioether (sulfide) groups is 1. The lowest BCUT2D eigenvalue weighted by atomic mass is 10.3. The number of rotatable bonds is 4. The molecule has 2 aromatic rings. The number of anilines is 1. The first-order chi connectivity index (χ1) is 8.72. The number of carbonyl (C=O) groups is 1. The van der Waals surface area contributed by atoms with E-state index in [1.165, 1.54) is 6.26 Å². The van der Waals surface area contributed by atoms with Gasteiger partial charge in [0.25, 0.3) is 5.91 Å². The molecule has 2 rings (SSSR count). The standard InChI is InChI=1S/C13H12BrNO2S/c1-2-18-11-6-4-3-5-10(11)15-13(16)9-7-8-17-12(9)14/h3-8H,2H2,1H3,(H,15,16). The number of nitrogens with one attached hydrogen (secondary N) is 1. The summed E-state index contributed by atoms with van der Waals surface area (Å²) in [5.74, 6) is 0.780. The lowest BCUT2D eigenvalue weighted by molar-refractivity contribution is 0.102. The molecule has 0 saturated carbocycles. The van der Waals surface area contributed by atoms with E-state index in [0.29, 0.717) is 10.2 Å². The maximum atomic E-state index is 12.0. The molecule has 0 aliphatic heterocycles. The van der Waals surface area contributed by atoms with Gasteiger partial charge < -0.3 is 9.73 Å². The van der Waals surface area contributed by atoms with Crippen molar-refractivity contribution in [1.29, 1.82) is 0 Å². The summed E-state index contributed by atoms with van der Waals surface area (Å²) in [4.78, 5) is 13.1. The largest absolute Gasteiger partial charge is 0.457 e. The molecule has 0 spiro atoms. The van der Waals surface area contributed by atoms with Gasteiger partial charge in [0.1, 0.15) is 0 Å². The maximum absolute atomic E-state index is 12.0. The van der Waals surface area contributed by atoms with E-state index in [4.69, 9.17) is 4.42 Å². The van der Waals surface area contributed by atoms with Crippen molar-refractivity contribution in [3.63, 3.8) is 0 Å². The Morgan fingerprint density at radius 1 is 1.39 bits per heavy atom. The summed E-state index contributed by atoms with van der Waals surface area (Å²) < 4.78 is 5.50. The van der Waals surface area contributed by atoms with Crippen molar-refractivity contribution >= 4 is 39.3 Å². The molecule has 1 aromatic heterocycles. The molecule has 0 aliphatic carbocycles. The first-order valence-electron chi connectivity index (χ1n) is 5.48. The number of carbonyl (C=O) groups excluding carboxylic acids is 1. The normalized spacial score (nSPS) is 10.3. The van der Waals surface area contributed by atoms with Crippen molar-refractivity contribution in [3.8, 4) is 0 Å². The molecule has 94 valence electrons. The summed E-state index contributed by atoms with van der Waals surface area (Å²) in [6.07, 6.45) is 1.48. The van der Waals surface area contributed by atoms with E-state index >= 15 is 0 Å². The van der Waals surface area contributed by atoms with Crippen LogP contribution in [0.2, 0.25) is 0 Å². The van der Waals surface area contributed by atoms with Crippen molar-refractivity contribution in [1.82, 2.24) is 0 Å². The van der Waals surface area contributed by atoms with Gasteiger partial charge in [0, 0.05) is 4.90 Å². The third-order valence-electron chi connectivity index (χ3n) is 2.30. The maximum Gasteiger partial charge on any atom is 0.260 e. The third kappa shape index (κ3) is 2.97. The van der Waals surface area contributed by atoms with E-state index in [0.717, 1.165) is 16.3 Å². The summed E-state index contributed by atoms with van der Waals surface area (Å²) in [5.41, 5.74) is 1.31. The van der Waals surface area contributed by atoms with Gasteiger partial charge in [0.2, 0.25) is 0 Å². The van der Waals surface area contributed by atoms with Crippen molar-refractivity contribution in [2.24, 2.45) is 0 Å². The van der Waals surface area contributed by atoms with Crippen LogP contribution in [0.15, 0.2) is 50.6 Å². The molecule has 1 amide bonds. The fourth-order valence-electron chi connectivity index (χ4n) is 1.50. The molecule has 0 bridgehead atoms. The minimum absolute atomic E-state index is 0.181. The predicted octanol–water partition coefficient (Wildman–Crippen LogP) is 4.41. The second kappa shape index (κ2) is 6.11. The second-order valence-electron chi connectivity index (χ2n) is 3.49. The minimum Gasteiger partial charge on any atom is -0.457 e. The van der Waals surface area contributed by atoms with E-state index < -0.39 is 0 Å². The van der Waals surface area contributed by atoms with Gasteiger partial charge in [-0.05, 0) is 39.9 Å². The van der Waals surface area contributed by atoms with Crippen molar-refractivity contribution in [2.45, 2.75) is 11.8 Å². The quantitative estimate of drug-likeness (QED) is 0.847. The molecule has 0 saturated heterocycles. The van der Waals surface area contributed by atoms with Crippen LogP contribution in [-0.2, 0) is 0 Å². The van der Waals surface area contributed by atoms with Crippen LogP contribution in [0.4, 0.5) is 5.69 Å². The third-order valence-corrected chi connectivity index (χ3v) is 3.87. The average Bonchev–Trinajstić information content (AvgIpc) is 2.78. The van der Waals surface area contributed by atoms with E-state index in [2.05, 4.69) is 28.2 Å². The molecular weight excluding hydrogens is 314 g/mol. The smallest absolute Gasteiger partial charge is 0.260 e. The van der Waals surface area contributed by atoms with Crippen LogP contribution in [-0.4, -0.2) is 11.7 Å². The number of amides is 1. The zero-order valence-electron chi connectivity index (χ0n) is 9.77. The van der Waals surface area contributed by atoms with Crippen LogP contribution in [0, 0.1) is 0 Å². The highest BCUT2D eigenvalue weighted by Gasteiger charge is 2.14. The highest BCUT2D eigenvalue weighted by atomic mass is 79.9. The molecule has 0 radical (unpaired) electrons. The van der Waals surface area contributed by atoms with Gasteiger partial charge >= 0.3 is 0 Å². The molecule has 1 N–H and O–H groups in total. The molecule has 5 heteroatoms. The van der Waals surface area contributed by atoms with Gasteiger partial charge in [-0.15, -0.1) is 11.8 Å². The molecule has 18 heavy (non-hydrogen) atoms. The summed E-state index contributed by atoms with van der Waals surface area (Å²) in [5, 5.41) is 2.89. The minimum atomic E-state index is -0.181. The number of benzene rings is 1. The number of para-hydroxylation sites is 1. The van der Waals surface area contributed by atoms with E-state index in [1.54, 1.807) is 17.8 Å². The summed E-state index contributed by atoms with van der Waals surface area (Å²) in [7, 11) is 0. The van der Waals surface area contributed by atoms with Crippen LogP contribution >= 0.6 is 27.7 Å². The Kier molecular flexibility index (Phi) is 4.49. The predicted molar refractivity (Wildman–Crippen MR) is 77.2 cm³/mol. The number of hydrogen-bond acceptors (Lipinski definition) is 3. The molecule has 0 fully saturated rings. The van der Waals surface area contributed by atoms with Crippen LogP contribution in [0.25, 0.3) is 0 Å². The fraction of sp³-hybridized carbons (Fsp3) is 0.154. The number of halogens is 1. The lowest BCUT2D eigenvalue weighted by Gasteiger charge is -2.09. The SMILES string of the molecule is CCSc1ccccc1NC(=O)c1ccoc1Br. The van der Waals surface area contributed by atoms with Crippen molar-refractivity contribution < 1.29 is 9.21 Å². The van der Waals surface area contributed by atoms with Gasteiger partial charge in [-0.2, -0.15) is 0 Å². The first kappa shape index (κ1) is 13.2. The van der Waals surface area contributed by atoms with Crippen molar-refractivity contribution in [3.05, 3.63) is 46.8 Å². The van der Waals surface area contributed by atoms with Crippen LogP contribution in [0.3, 0.4) is 0 Å². The molecule has 0 atom stereocenters. The van der Waals surface area contributed by atoms with Gasteiger partial charge in [-0.3, -0.25) is 4.79 Å². The molecule has 0 aliphatic rings. The highest BCUT2D eigenvalue weighted by molar-refractivity contribution is 9.10. The molecule has 1 aromatic carbocycles. The lowest BCUT2D eigenvalue weighted by Crippen LogP contribution is -2.12. The van der Waals surface area contributed by atoms with Crippen LogP contribution in [0.1, 0.15) is 17.3 Å². The average molecular weight is 326 g/mol. The Bertz CT molecular complexity index is 553. The summed E-state index contributed by atoms with van der Waals surface area (Å²) in [6, 6.07) is 9.38. The number of furan rings is 1. The second-order valence-corrected chi connectivity index (χ2v) is 5.52. The monoisotopic (exact) mass is 325 g/mol. The Balaban J connectivity index is 2.19. The molecule has 3 nitrogen and oxygen atoms in total. The Morgan fingerprint density at radius 2 is 2.17 bits per heavy atom. The zero-order chi connectivity index (χ0) is 13.0. The fourth-order valence-corrected chi connectivity index (χ4v) is 2.68. The highest BCUT2D eigenvalue weighted by Crippen LogP contribution is 2.27. The van der Waals surface area contributed by atoms with Gasteiger partial charge in [-0.1, -0.05) is 19.1 Å². The van der Waals surface area contributed by atoms with Crippen LogP contribution < -0.4 is 5.32 Å². The van der Waals surface area contributed by atoms with E-state index in [1.807, 2.05) is 24.3 Å². The number of hydrogen-bond donors (Lipinski definition) is 1. The Labute approximate surface area is 118 Å². The van der Waals surface area contributed by atoms with E-state index in [9.17, 15) is 4.79 Å². The molecule has 1 heterocycles. The Morgan fingerprint density at radius 3 is 2.83 bits per heavy atom. The first-order valence-corrected chi connectivity index (χ1v) is 7.26. The summed E-state index contributed by atoms with van der Waals surface area (Å²) in [6.45, 7) is 2.08. The van der Waals surface area contributed by atoms with Crippen molar-refractivity contribution in [2.75, 3.05) is 11.1 Å². The van der Waals surface area contributed by atoms with Gasteiger partial charge in [0.15, 0.2) is 4.67 Å². The molecule has 0 unspecified atom stereocenters. The van der Waals surface area contributed by atoms with Crippen LogP contribution in [0.5, 0.6) is 0 Å². The van der Waals surface area contributed by atoms with Gasteiger partial charge in [0.05, 0.1) is 17.5 Å². The topological polar surface area (TPSA) is 42.2 Å². The summed E-state index contributed by atoms with van der Waals surface area (Å²) >= 11 is 4.89. The Hall–Kier alpha value is -1.20.